The van der Waals surface area contributed by atoms with Crippen LogP contribution in [0, 0.1) is 6.92 Å². The highest BCUT2D eigenvalue weighted by atomic mass is 16.6. The fourth-order valence-corrected chi connectivity index (χ4v) is 0.617. The van der Waals surface area contributed by atoms with Crippen LogP contribution in [-0.4, -0.2) is 15.4 Å². The number of hydrogen-bond donors (Lipinski definition) is 1. The summed E-state index contributed by atoms with van der Waals surface area (Å²) in [5.74, 6) is 0. The maximum Gasteiger partial charge on any atom is 0.136 e. The molecule has 9 heavy (non-hydrogen) atoms. The van der Waals surface area contributed by atoms with Crippen LogP contribution in [0.4, 0.5) is 0 Å². The second kappa shape index (κ2) is 2.14. The van der Waals surface area contributed by atoms with Gasteiger partial charge in [0.15, 0.2) is 0 Å². The highest BCUT2D eigenvalue weighted by Gasteiger charge is 2.09. The number of aliphatic hydroxyl groups excluding tert-OH is 1. The molecular weight excluding hydrogens is 120 g/mol. The van der Waals surface area contributed by atoms with Crippen LogP contribution >= 0.6 is 0 Å². The minimum absolute atomic E-state index is 0.509. The Balaban J connectivity index is 2.94. The van der Waals surface area contributed by atoms with Crippen LogP contribution in [0.3, 0.4) is 0 Å². The Morgan fingerprint density at radius 2 is 2.22 bits per heavy atom. The molecule has 0 saturated carbocycles. The smallest absolute Gasteiger partial charge is 0.136 e. The quantitative estimate of drug-likeness (QED) is 0.595. The zero-order chi connectivity index (χ0) is 6.85. The monoisotopic (exact) mass is 128 g/mol. The number of rotatable bonds is 1. The van der Waals surface area contributed by atoms with Crippen molar-refractivity contribution in [1.29, 1.82) is 0 Å². The van der Waals surface area contributed by atoms with Gasteiger partial charge in [0.05, 0.1) is 6.10 Å². The van der Waals surface area contributed by atoms with Crippen LogP contribution < -0.4 is 0 Å². The molecule has 1 N–H and O–H groups in total. The van der Waals surface area contributed by atoms with Gasteiger partial charge in [0.1, 0.15) is 11.4 Å². The number of hydrogen-bond acceptors (Lipinski definition) is 4. The molecule has 0 aliphatic heterocycles. The van der Waals surface area contributed by atoms with Crippen LogP contribution in [0.1, 0.15) is 24.4 Å². The van der Waals surface area contributed by atoms with Crippen molar-refractivity contribution in [1.82, 2.24) is 10.3 Å². The Bertz CT molecular complexity index is 195. The summed E-state index contributed by atoms with van der Waals surface area (Å²) in [5.41, 5.74) is 1.15. The summed E-state index contributed by atoms with van der Waals surface area (Å²) >= 11 is 0. The molecule has 1 heterocycles. The fourth-order valence-electron chi connectivity index (χ4n) is 0.617. The van der Waals surface area contributed by atoms with Crippen LogP contribution in [0.5, 0.6) is 0 Å². The van der Waals surface area contributed by atoms with E-state index in [1.165, 1.54) is 0 Å². The third-order valence-electron chi connectivity index (χ3n) is 1.08. The molecule has 0 radical (unpaired) electrons. The van der Waals surface area contributed by atoms with Crippen molar-refractivity contribution in [2.75, 3.05) is 0 Å². The van der Waals surface area contributed by atoms with Crippen molar-refractivity contribution < 1.29 is 9.74 Å². The van der Waals surface area contributed by atoms with Crippen molar-refractivity contribution in [3.8, 4) is 0 Å². The summed E-state index contributed by atoms with van der Waals surface area (Å²) in [5, 5.41) is 15.9. The molecule has 1 rings (SSSR count). The lowest BCUT2D eigenvalue weighted by molar-refractivity contribution is 0.185. The predicted octanol–water partition coefficient (Wildman–Crippen LogP) is 0.431. The Kier molecular flexibility index (Phi) is 1.48. The normalized spacial score (nSPS) is 13.7. The number of aryl methyl sites for hydroxylation is 1. The van der Waals surface area contributed by atoms with Crippen LogP contribution in [0.15, 0.2) is 4.63 Å². The van der Waals surface area contributed by atoms with Gasteiger partial charge < -0.3 is 5.11 Å². The van der Waals surface area contributed by atoms with Crippen molar-refractivity contribution in [2.45, 2.75) is 20.0 Å². The van der Waals surface area contributed by atoms with E-state index in [2.05, 4.69) is 14.9 Å². The van der Waals surface area contributed by atoms with Crippen molar-refractivity contribution in [3.05, 3.63) is 11.4 Å². The average molecular weight is 128 g/mol. The standard InChI is InChI=1S/C5H8N2O2/c1-3-5(4(2)8)7-9-6-3/h4,8H,1-2H3. The van der Waals surface area contributed by atoms with Gasteiger partial charge in [-0.15, -0.1) is 0 Å². The van der Waals surface area contributed by atoms with E-state index < -0.39 is 6.10 Å². The fraction of sp³-hybridized carbons (Fsp3) is 0.600. The van der Waals surface area contributed by atoms with Gasteiger partial charge in [-0.3, -0.25) is 0 Å². The molecule has 0 aliphatic rings. The highest BCUT2D eigenvalue weighted by Crippen LogP contribution is 2.10. The lowest BCUT2D eigenvalue weighted by Gasteiger charge is -1.94. The van der Waals surface area contributed by atoms with Crippen molar-refractivity contribution in [2.24, 2.45) is 0 Å². The van der Waals surface area contributed by atoms with Crippen LogP contribution in [-0.2, 0) is 0 Å². The van der Waals surface area contributed by atoms with Gasteiger partial charge in [0, 0.05) is 0 Å². The van der Waals surface area contributed by atoms with Crippen molar-refractivity contribution in [3.63, 3.8) is 0 Å². The first-order chi connectivity index (χ1) is 4.22. The molecule has 1 aromatic rings. The van der Waals surface area contributed by atoms with E-state index in [0.717, 1.165) is 0 Å². The molecule has 4 nitrogen and oxygen atoms in total. The zero-order valence-corrected chi connectivity index (χ0v) is 5.33. The van der Waals surface area contributed by atoms with E-state index >= 15 is 0 Å². The van der Waals surface area contributed by atoms with E-state index in [1.807, 2.05) is 0 Å². The molecule has 1 atom stereocenters. The first-order valence-corrected chi connectivity index (χ1v) is 2.69. The maximum absolute atomic E-state index is 8.93. The molecule has 0 fully saturated rings. The predicted molar refractivity (Wildman–Crippen MR) is 29.7 cm³/mol. The van der Waals surface area contributed by atoms with E-state index in [1.54, 1.807) is 13.8 Å². The van der Waals surface area contributed by atoms with Gasteiger partial charge in [-0.05, 0) is 13.8 Å². The van der Waals surface area contributed by atoms with Gasteiger partial charge in [-0.25, -0.2) is 4.63 Å². The second-order valence-electron chi connectivity index (χ2n) is 1.91. The Morgan fingerprint density at radius 1 is 1.56 bits per heavy atom. The topological polar surface area (TPSA) is 59.2 Å². The maximum atomic E-state index is 8.93. The molecule has 0 amide bonds. The molecule has 50 valence electrons. The lowest BCUT2D eigenvalue weighted by Crippen LogP contribution is -1.92. The van der Waals surface area contributed by atoms with Gasteiger partial charge in [-0.2, -0.15) is 0 Å². The summed E-state index contributed by atoms with van der Waals surface area (Å²) < 4.78 is 4.35. The molecule has 0 aliphatic carbocycles. The van der Waals surface area contributed by atoms with Crippen molar-refractivity contribution >= 4 is 0 Å². The van der Waals surface area contributed by atoms with E-state index in [9.17, 15) is 0 Å². The molecular formula is C5H8N2O2. The van der Waals surface area contributed by atoms with Crippen LogP contribution in [0.2, 0.25) is 0 Å². The molecule has 4 heteroatoms. The van der Waals surface area contributed by atoms with Gasteiger partial charge in [0.25, 0.3) is 0 Å². The average Bonchev–Trinajstić information content (AvgIpc) is 2.13. The van der Waals surface area contributed by atoms with E-state index in [4.69, 9.17) is 5.11 Å². The SMILES string of the molecule is Cc1nonc1C(C)O. The van der Waals surface area contributed by atoms with E-state index in [-0.39, 0.29) is 0 Å². The molecule has 0 bridgehead atoms. The lowest BCUT2D eigenvalue weighted by atomic mass is 10.2. The number of aromatic nitrogens is 2. The number of nitrogens with zero attached hydrogens (tertiary/aromatic N) is 2. The van der Waals surface area contributed by atoms with E-state index in [0.29, 0.717) is 11.4 Å². The minimum atomic E-state index is -0.587. The third kappa shape index (κ3) is 1.08. The molecule has 1 aromatic heterocycles. The Hall–Kier alpha value is -0.900. The number of aliphatic hydroxyl groups is 1. The van der Waals surface area contributed by atoms with Crippen LogP contribution in [0.25, 0.3) is 0 Å². The molecule has 0 saturated heterocycles. The molecule has 1 unspecified atom stereocenters. The minimum Gasteiger partial charge on any atom is -0.387 e. The molecule has 0 aromatic carbocycles. The third-order valence-corrected chi connectivity index (χ3v) is 1.08. The highest BCUT2D eigenvalue weighted by molar-refractivity contribution is 5.06. The molecule has 0 spiro atoms. The second-order valence-corrected chi connectivity index (χ2v) is 1.91. The van der Waals surface area contributed by atoms with Gasteiger partial charge in [0.2, 0.25) is 0 Å². The summed E-state index contributed by atoms with van der Waals surface area (Å²) in [6, 6.07) is 0. The first-order valence-electron chi connectivity index (χ1n) is 2.69. The zero-order valence-electron chi connectivity index (χ0n) is 5.33. The Labute approximate surface area is 52.5 Å². The first kappa shape index (κ1) is 6.22. The van der Waals surface area contributed by atoms with Gasteiger partial charge >= 0.3 is 0 Å². The Morgan fingerprint density at radius 3 is 2.44 bits per heavy atom. The summed E-state index contributed by atoms with van der Waals surface area (Å²) in [6.07, 6.45) is -0.587. The summed E-state index contributed by atoms with van der Waals surface area (Å²) in [4.78, 5) is 0. The largest absolute Gasteiger partial charge is 0.387 e. The summed E-state index contributed by atoms with van der Waals surface area (Å²) in [7, 11) is 0. The summed E-state index contributed by atoms with van der Waals surface area (Å²) in [6.45, 7) is 3.35. The van der Waals surface area contributed by atoms with Gasteiger partial charge in [-0.1, -0.05) is 10.3 Å².